The van der Waals surface area contributed by atoms with Gasteiger partial charge in [-0.2, -0.15) is 0 Å². The van der Waals surface area contributed by atoms with Crippen molar-refractivity contribution in [3.63, 3.8) is 0 Å². The Balaban J connectivity index is 2.24. The number of nitrogens with zero attached hydrogens (tertiary/aromatic N) is 1. The summed E-state index contributed by atoms with van der Waals surface area (Å²) in [5.74, 6) is 0.190. The van der Waals surface area contributed by atoms with Crippen LogP contribution in [0.15, 0.2) is 30.5 Å². The molecule has 0 aliphatic rings. The molecule has 1 amide bonds. The van der Waals surface area contributed by atoms with Crippen molar-refractivity contribution in [2.75, 3.05) is 17.7 Å². The highest BCUT2D eigenvalue weighted by molar-refractivity contribution is 6.31. The topological polar surface area (TPSA) is 63.2 Å². The molecule has 1 heterocycles. The minimum absolute atomic E-state index is 0.106. The van der Waals surface area contributed by atoms with Gasteiger partial charge in [0.1, 0.15) is 11.4 Å². The normalized spacial score (nSPS) is 11.1. The number of aromatic nitrogens is 1. The molecular formula is C18H22ClN3O2. The van der Waals surface area contributed by atoms with Gasteiger partial charge in [-0.25, -0.2) is 0 Å². The summed E-state index contributed by atoms with van der Waals surface area (Å²) in [7, 11) is 1.53. The first-order valence-electron chi connectivity index (χ1n) is 7.59. The Bertz CT molecular complexity index is 754. The van der Waals surface area contributed by atoms with Crippen LogP contribution in [-0.2, 0) is 0 Å². The van der Waals surface area contributed by atoms with Gasteiger partial charge in [0.2, 0.25) is 0 Å². The summed E-state index contributed by atoms with van der Waals surface area (Å²) < 4.78 is 5.28. The molecule has 2 rings (SSSR count). The molecule has 1 aromatic carbocycles. The molecule has 0 radical (unpaired) electrons. The van der Waals surface area contributed by atoms with Gasteiger partial charge >= 0.3 is 0 Å². The average molecular weight is 348 g/mol. The number of halogens is 1. The lowest BCUT2D eigenvalue weighted by molar-refractivity contribution is 0.102. The third kappa shape index (κ3) is 4.61. The highest BCUT2D eigenvalue weighted by atomic mass is 35.5. The maximum absolute atomic E-state index is 12.5. The molecule has 0 unspecified atom stereocenters. The monoisotopic (exact) mass is 347 g/mol. The van der Waals surface area contributed by atoms with Crippen molar-refractivity contribution in [1.29, 1.82) is 0 Å². The summed E-state index contributed by atoms with van der Waals surface area (Å²) in [4.78, 5) is 16.6. The molecule has 0 atom stereocenters. The molecule has 0 spiro atoms. The zero-order valence-corrected chi connectivity index (χ0v) is 15.3. The van der Waals surface area contributed by atoms with Crippen LogP contribution in [0.25, 0.3) is 0 Å². The van der Waals surface area contributed by atoms with Crippen LogP contribution in [0.2, 0.25) is 5.02 Å². The molecule has 2 aromatic rings. The first-order valence-corrected chi connectivity index (χ1v) is 7.97. The Morgan fingerprint density at radius 3 is 2.58 bits per heavy atom. The summed E-state index contributed by atoms with van der Waals surface area (Å²) in [6.07, 6.45) is 1.60. The first-order chi connectivity index (χ1) is 11.2. The summed E-state index contributed by atoms with van der Waals surface area (Å²) in [5, 5.41) is 6.72. The van der Waals surface area contributed by atoms with Gasteiger partial charge in [-0.05, 0) is 51.5 Å². The Labute approximate surface area is 147 Å². The quantitative estimate of drug-likeness (QED) is 0.853. The third-order valence-corrected chi connectivity index (χ3v) is 3.65. The predicted octanol–water partition coefficient (Wildman–Crippen LogP) is 4.51. The summed E-state index contributed by atoms with van der Waals surface area (Å²) in [6.45, 7) is 8.02. The molecule has 0 saturated heterocycles. The van der Waals surface area contributed by atoms with Gasteiger partial charge in [0, 0.05) is 28.5 Å². The molecule has 5 nitrogen and oxygen atoms in total. The Morgan fingerprint density at radius 1 is 1.25 bits per heavy atom. The fraction of sp³-hybridized carbons (Fsp3) is 0.333. The summed E-state index contributed by atoms with van der Waals surface area (Å²) >= 11 is 6.09. The highest BCUT2D eigenvalue weighted by Crippen LogP contribution is 2.31. The number of ether oxygens (including phenoxy) is 1. The second-order valence-electron chi connectivity index (χ2n) is 6.56. The minimum atomic E-state index is -0.312. The molecular weight excluding hydrogens is 326 g/mol. The van der Waals surface area contributed by atoms with Crippen molar-refractivity contribution < 1.29 is 9.53 Å². The molecule has 128 valence electrons. The largest absolute Gasteiger partial charge is 0.495 e. The number of hydrogen-bond acceptors (Lipinski definition) is 4. The molecule has 24 heavy (non-hydrogen) atoms. The van der Waals surface area contributed by atoms with E-state index in [2.05, 4.69) is 36.4 Å². The van der Waals surface area contributed by atoms with E-state index in [1.54, 1.807) is 24.4 Å². The van der Waals surface area contributed by atoms with E-state index in [-0.39, 0.29) is 11.4 Å². The zero-order chi connectivity index (χ0) is 17.9. The van der Waals surface area contributed by atoms with Gasteiger partial charge < -0.3 is 15.4 Å². The second-order valence-corrected chi connectivity index (χ2v) is 6.97. The number of amides is 1. The SMILES string of the molecule is COc1cc(Cl)c(C)cc1NC(=O)c1cc(NC(C)(C)C)ccn1. The van der Waals surface area contributed by atoms with Crippen LogP contribution in [-0.4, -0.2) is 23.5 Å². The van der Waals surface area contributed by atoms with E-state index >= 15 is 0 Å². The van der Waals surface area contributed by atoms with Gasteiger partial charge in [-0.15, -0.1) is 0 Å². The lowest BCUT2D eigenvalue weighted by Crippen LogP contribution is -2.26. The van der Waals surface area contributed by atoms with Crippen molar-refractivity contribution in [2.24, 2.45) is 0 Å². The highest BCUT2D eigenvalue weighted by Gasteiger charge is 2.15. The van der Waals surface area contributed by atoms with Crippen molar-refractivity contribution >= 4 is 28.9 Å². The van der Waals surface area contributed by atoms with Crippen molar-refractivity contribution in [3.05, 3.63) is 46.7 Å². The van der Waals surface area contributed by atoms with Crippen LogP contribution in [0.4, 0.5) is 11.4 Å². The number of rotatable bonds is 4. The fourth-order valence-corrected chi connectivity index (χ4v) is 2.34. The van der Waals surface area contributed by atoms with E-state index in [0.29, 0.717) is 22.2 Å². The van der Waals surface area contributed by atoms with Gasteiger partial charge in [-0.3, -0.25) is 9.78 Å². The van der Waals surface area contributed by atoms with E-state index in [1.807, 2.05) is 13.0 Å². The van der Waals surface area contributed by atoms with Crippen LogP contribution in [0.3, 0.4) is 0 Å². The molecule has 0 aliphatic heterocycles. The molecule has 0 aliphatic carbocycles. The van der Waals surface area contributed by atoms with E-state index < -0.39 is 0 Å². The van der Waals surface area contributed by atoms with Gasteiger partial charge in [0.25, 0.3) is 5.91 Å². The van der Waals surface area contributed by atoms with Gasteiger partial charge in [0.15, 0.2) is 0 Å². The molecule has 1 aromatic heterocycles. The second kappa shape index (κ2) is 7.09. The lowest BCUT2D eigenvalue weighted by Gasteiger charge is -2.22. The van der Waals surface area contributed by atoms with E-state index in [0.717, 1.165) is 11.3 Å². The maximum atomic E-state index is 12.5. The molecule has 0 bridgehead atoms. The fourth-order valence-electron chi connectivity index (χ4n) is 2.18. The van der Waals surface area contributed by atoms with Crippen molar-refractivity contribution in [3.8, 4) is 5.75 Å². The average Bonchev–Trinajstić information content (AvgIpc) is 2.49. The number of carbonyl (C=O) groups excluding carboxylic acids is 1. The number of carbonyl (C=O) groups is 1. The lowest BCUT2D eigenvalue weighted by atomic mass is 10.1. The summed E-state index contributed by atoms with van der Waals surface area (Å²) in [6, 6.07) is 7.00. The Hall–Kier alpha value is -2.27. The number of aryl methyl sites for hydroxylation is 1. The number of nitrogens with one attached hydrogen (secondary N) is 2. The third-order valence-electron chi connectivity index (χ3n) is 3.24. The van der Waals surface area contributed by atoms with Crippen LogP contribution < -0.4 is 15.4 Å². The van der Waals surface area contributed by atoms with Crippen LogP contribution in [0.1, 0.15) is 36.8 Å². The smallest absolute Gasteiger partial charge is 0.274 e. The number of methoxy groups -OCH3 is 1. The van der Waals surface area contributed by atoms with Crippen LogP contribution in [0, 0.1) is 6.92 Å². The van der Waals surface area contributed by atoms with Crippen molar-refractivity contribution in [1.82, 2.24) is 4.98 Å². The van der Waals surface area contributed by atoms with Crippen LogP contribution >= 0.6 is 11.6 Å². The van der Waals surface area contributed by atoms with Gasteiger partial charge in [-0.1, -0.05) is 11.6 Å². The summed E-state index contributed by atoms with van der Waals surface area (Å²) in [5.41, 5.74) is 2.45. The zero-order valence-electron chi connectivity index (χ0n) is 14.5. The Morgan fingerprint density at radius 2 is 1.96 bits per heavy atom. The number of hydrogen-bond donors (Lipinski definition) is 2. The molecule has 0 fully saturated rings. The standard InChI is InChI=1S/C18H22ClN3O2/c1-11-8-14(16(24-5)10-13(11)19)21-17(23)15-9-12(6-7-20-15)22-18(2,3)4/h6-10H,1-5H3,(H,20,22)(H,21,23). The van der Waals surface area contributed by atoms with Gasteiger partial charge in [0.05, 0.1) is 12.8 Å². The number of pyridine rings is 1. The van der Waals surface area contributed by atoms with Crippen LogP contribution in [0.5, 0.6) is 5.75 Å². The molecule has 6 heteroatoms. The minimum Gasteiger partial charge on any atom is -0.495 e. The van der Waals surface area contributed by atoms with E-state index in [1.165, 1.54) is 7.11 Å². The number of benzene rings is 1. The molecule has 2 N–H and O–H groups in total. The maximum Gasteiger partial charge on any atom is 0.274 e. The van der Waals surface area contributed by atoms with E-state index in [4.69, 9.17) is 16.3 Å². The van der Waals surface area contributed by atoms with E-state index in [9.17, 15) is 4.79 Å². The van der Waals surface area contributed by atoms with Crippen molar-refractivity contribution in [2.45, 2.75) is 33.2 Å². The molecule has 0 saturated carbocycles. The Kier molecular flexibility index (Phi) is 5.34. The number of anilines is 2. The predicted molar refractivity (Wildman–Crippen MR) is 98.3 cm³/mol. The first kappa shape index (κ1) is 18.1.